The van der Waals surface area contributed by atoms with Gasteiger partial charge in [0.1, 0.15) is 5.01 Å². The molecular weight excluding hydrogens is 262 g/mol. The van der Waals surface area contributed by atoms with Gasteiger partial charge in [-0.15, -0.1) is 0 Å². The van der Waals surface area contributed by atoms with Crippen molar-refractivity contribution in [3.8, 4) is 16.3 Å². The highest BCUT2D eigenvalue weighted by atomic mass is 32.1. The van der Waals surface area contributed by atoms with Crippen LogP contribution < -0.4 is 10.3 Å². The minimum absolute atomic E-state index is 0.0193. The van der Waals surface area contributed by atoms with E-state index in [0.29, 0.717) is 5.01 Å². The molecule has 2 heterocycles. The van der Waals surface area contributed by atoms with Gasteiger partial charge in [0.2, 0.25) is 0 Å². The molecule has 0 unspecified atom stereocenters. The van der Waals surface area contributed by atoms with Crippen LogP contribution in [0.5, 0.6) is 0 Å². The molecule has 0 atom stereocenters. The number of benzene rings is 1. The predicted octanol–water partition coefficient (Wildman–Crippen LogP) is 1.65. The Hall–Kier alpha value is -2.47. The maximum Gasteiger partial charge on any atom is 0.322 e. The zero-order valence-corrected chi connectivity index (χ0v) is 10.6. The van der Waals surface area contributed by atoms with E-state index in [-0.39, 0.29) is 10.3 Å². The van der Waals surface area contributed by atoms with Crippen molar-refractivity contribution < 1.29 is 0 Å². The number of pyridine rings is 1. The minimum atomic E-state index is -0.167. The number of rotatable bonds is 2. The Morgan fingerprint density at radius 1 is 1.00 bits per heavy atom. The summed E-state index contributed by atoms with van der Waals surface area (Å²) in [5.41, 5.74) is 1.80. The van der Waals surface area contributed by atoms with Gasteiger partial charge in [0, 0.05) is 35.8 Å². The molecule has 0 spiro atoms. The fourth-order valence-corrected chi connectivity index (χ4v) is 2.33. The molecule has 3 aromatic rings. The summed E-state index contributed by atoms with van der Waals surface area (Å²) in [5, 5.41) is 6.99. The van der Waals surface area contributed by atoms with Crippen LogP contribution in [0.15, 0.2) is 58.4 Å². The van der Waals surface area contributed by atoms with Crippen LogP contribution in [0.25, 0.3) is 16.3 Å². The molecule has 0 aliphatic carbocycles. The maximum absolute atomic E-state index is 11.1. The summed E-state index contributed by atoms with van der Waals surface area (Å²) in [6.45, 7) is 0. The summed E-state index contributed by atoms with van der Waals surface area (Å²) >= 11 is 1.07. The first-order valence-electron chi connectivity index (χ1n) is 5.57. The van der Waals surface area contributed by atoms with E-state index < -0.39 is 0 Å². The largest absolute Gasteiger partial charge is 0.324 e. The Labute approximate surface area is 111 Å². The van der Waals surface area contributed by atoms with E-state index in [0.717, 1.165) is 22.6 Å². The van der Waals surface area contributed by atoms with Crippen molar-refractivity contribution in [1.29, 1.82) is 0 Å². The summed E-state index contributed by atoms with van der Waals surface area (Å²) in [6, 6.07) is 10.6. The van der Waals surface area contributed by atoms with Gasteiger partial charge in [0.05, 0.1) is 0 Å². The van der Waals surface area contributed by atoms with E-state index in [1.807, 2.05) is 28.8 Å². The number of nitrogens with zero attached hydrogens (tertiary/aromatic N) is 2. The Bertz CT molecular complexity index is 794. The third-order valence-corrected chi connectivity index (χ3v) is 3.45. The normalized spacial score (nSPS) is 10.5. The number of H-pyrrole nitrogens is 1. The molecule has 94 valence electrons. The van der Waals surface area contributed by atoms with E-state index in [1.54, 1.807) is 12.4 Å². The molecule has 0 radical (unpaired) electrons. The van der Waals surface area contributed by atoms with Crippen LogP contribution in [0, 0.1) is 0 Å². The molecule has 0 fully saturated rings. The molecular formula is C13H9N3O2S. The first-order chi connectivity index (χ1) is 9.22. The van der Waals surface area contributed by atoms with E-state index in [4.69, 9.17) is 0 Å². The van der Waals surface area contributed by atoms with Crippen LogP contribution >= 0.6 is 11.3 Å². The van der Waals surface area contributed by atoms with Crippen LogP contribution in [-0.4, -0.2) is 14.8 Å². The van der Waals surface area contributed by atoms with Crippen molar-refractivity contribution in [2.45, 2.75) is 0 Å². The van der Waals surface area contributed by atoms with Crippen molar-refractivity contribution >= 4 is 11.3 Å². The van der Waals surface area contributed by atoms with Gasteiger partial charge in [-0.2, -0.15) is 5.10 Å². The van der Waals surface area contributed by atoms with Crippen LogP contribution in [0.3, 0.4) is 0 Å². The van der Waals surface area contributed by atoms with Gasteiger partial charge >= 0.3 is 4.87 Å². The van der Waals surface area contributed by atoms with E-state index >= 15 is 0 Å². The van der Waals surface area contributed by atoms with Crippen LogP contribution in [-0.2, 0) is 0 Å². The molecule has 0 saturated heterocycles. The monoisotopic (exact) mass is 271 g/mol. The number of nitrogens with one attached hydrogen (secondary N) is 1. The second kappa shape index (κ2) is 4.66. The Kier molecular flexibility index (Phi) is 2.85. The molecule has 0 bridgehead atoms. The molecule has 1 N–H and O–H groups in total. The number of aromatic amines is 1. The maximum atomic E-state index is 11.1. The van der Waals surface area contributed by atoms with E-state index in [1.165, 1.54) is 12.1 Å². The smallest absolute Gasteiger partial charge is 0.322 e. The minimum Gasteiger partial charge on any atom is -0.324 e. The third-order valence-electron chi connectivity index (χ3n) is 2.65. The van der Waals surface area contributed by atoms with Crippen LogP contribution in [0.4, 0.5) is 0 Å². The SMILES string of the molecule is O=c1ccn(-c2ccc(-c3n[nH]c(=O)s3)cc2)cc1. The lowest BCUT2D eigenvalue weighted by Gasteiger charge is -2.05. The van der Waals surface area contributed by atoms with Crippen molar-refractivity contribution in [2.24, 2.45) is 0 Å². The fourth-order valence-electron chi connectivity index (χ4n) is 1.71. The molecule has 0 amide bonds. The molecule has 3 rings (SSSR count). The van der Waals surface area contributed by atoms with Gasteiger partial charge in [-0.3, -0.25) is 9.59 Å². The highest BCUT2D eigenvalue weighted by Crippen LogP contribution is 2.20. The number of hydrogen-bond acceptors (Lipinski definition) is 4. The van der Waals surface area contributed by atoms with Gasteiger partial charge in [-0.25, -0.2) is 5.10 Å². The Morgan fingerprint density at radius 2 is 1.68 bits per heavy atom. The first-order valence-corrected chi connectivity index (χ1v) is 6.39. The molecule has 2 aromatic heterocycles. The molecule has 6 heteroatoms. The van der Waals surface area contributed by atoms with Crippen molar-refractivity contribution in [2.75, 3.05) is 0 Å². The van der Waals surface area contributed by atoms with Crippen molar-refractivity contribution in [1.82, 2.24) is 14.8 Å². The number of hydrogen-bond donors (Lipinski definition) is 1. The summed E-state index contributed by atoms with van der Waals surface area (Å²) in [5.74, 6) is 0. The summed E-state index contributed by atoms with van der Waals surface area (Å²) in [7, 11) is 0. The predicted molar refractivity (Wildman–Crippen MR) is 73.8 cm³/mol. The van der Waals surface area contributed by atoms with E-state index in [2.05, 4.69) is 10.2 Å². The topological polar surface area (TPSA) is 67.8 Å². The second-order valence-electron chi connectivity index (χ2n) is 3.91. The lowest BCUT2D eigenvalue weighted by atomic mass is 10.2. The van der Waals surface area contributed by atoms with Crippen molar-refractivity contribution in [3.05, 3.63) is 68.7 Å². The standard InChI is InChI=1S/C13H9N3O2S/c17-11-5-7-16(8-6-11)10-3-1-9(2-4-10)12-14-15-13(18)19-12/h1-8H,(H,15,18). The average molecular weight is 271 g/mol. The third kappa shape index (κ3) is 2.38. The van der Waals surface area contributed by atoms with Crippen LogP contribution in [0.1, 0.15) is 0 Å². The summed E-state index contributed by atoms with van der Waals surface area (Å²) in [6.07, 6.45) is 3.43. The lowest BCUT2D eigenvalue weighted by Crippen LogP contribution is -2.01. The molecule has 0 aliphatic heterocycles. The lowest BCUT2D eigenvalue weighted by molar-refractivity contribution is 1.04. The van der Waals surface area contributed by atoms with Gasteiger partial charge in [-0.05, 0) is 24.3 Å². The number of aromatic nitrogens is 3. The summed E-state index contributed by atoms with van der Waals surface area (Å²) in [4.78, 5) is 21.9. The quantitative estimate of drug-likeness (QED) is 0.770. The van der Waals surface area contributed by atoms with Crippen molar-refractivity contribution in [3.63, 3.8) is 0 Å². The molecule has 0 aliphatic rings. The highest BCUT2D eigenvalue weighted by molar-refractivity contribution is 7.12. The Morgan fingerprint density at radius 3 is 2.26 bits per heavy atom. The van der Waals surface area contributed by atoms with Gasteiger partial charge in [-0.1, -0.05) is 11.3 Å². The zero-order valence-electron chi connectivity index (χ0n) is 9.74. The molecule has 0 saturated carbocycles. The van der Waals surface area contributed by atoms with Gasteiger partial charge in [0.15, 0.2) is 5.43 Å². The molecule has 5 nitrogen and oxygen atoms in total. The van der Waals surface area contributed by atoms with Gasteiger partial charge in [0.25, 0.3) is 0 Å². The average Bonchev–Trinajstić information content (AvgIpc) is 2.87. The summed E-state index contributed by atoms with van der Waals surface area (Å²) < 4.78 is 1.85. The highest BCUT2D eigenvalue weighted by Gasteiger charge is 2.03. The first kappa shape index (κ1) is 11.6. The van der Waals surface area contributed by atoms with Gasteiger partial charge < -0.3 is 4.57 Å². The molecule has 1 aromatic carbocycles. The van der Waals surface area contributed by atoms with Crippen LogP contribution in [0.2, 0.25) is 0 Å². The molecule has 19 heavy (non-hydrogen) atoms. The second-order valence-corrected chi connectivity index (χ2v) is 4.87. The zero-order chi connectivity index (χ0) is 13.2. The fraction of sp³-hybridized carbons (Fsp3) is 0. The Balaban J connectivity index is 1.96. The van der Waals surface area contributed by atoms with E-state index in [9.17, 15) is 9.59 Å².